The van der Waals surface area contributed by atoms with Gasteiger partial charge in [0, 0.05) is 12.6 Å². The maximum atomic E-state index is 13.1. The molecule has 0 aromatic heterocycles. The Balaban J connectivity index is 2.23. The highest BCUT2D eigenvalue weighted by Gasteiger charge is 2.36. The first-order valence-corrected chi connectivity index (χ1v) is 8.26. The summed E-state index contributed by atoms with van der Waals surface area (Å²) in [5.74, 6) is 0.0949. The van der Waals surface area contributed by atoms with Gasteiger partial charge in [0.1, 0.15) is 0 Å². The second-order valence-electron chi connectivity index (χ2n) is 6.27. The monoisotopic (exact) mass is 349 g/mol. The lowest BCUT2D eigenvalue weighted by molar-refractivity contribution is -0.137. The molecule has 1 saturated carbocycles. The van der Waals surface area contributed by atoms with Crippen molar-refractivity contribution in [3.63, 3.8) is 0 Å². The molecule has 0 radical (unpaired) electrons. The van der Waals surface area contributed by atoms with Crippen molar-refractivity contribution in [2.24, 2.45) is 0 Å². The molecule has 0 unspecified atom stereocenters. The Hall–Kier alpha value is -0.780. The molecule has 2 rings (SSSR count). The molecule has 1 aromatic rings. The van der Waals surface area contributed by atoms with E-state index in [1.54, 1.807) is 6.07 Å². The average Bonchev–Trinajstić information content (AvgIpc) is 2.47. The van der Waals surface area contributed by atoms with Gasteiger partial charge in [-0.25, -0.2) is 0 Å². The number of halogens is 4. The third-order valence-electron chi connectivity index (χ3n) is 4.57. The van der Waals surface area contributed by atoms with Gasteiger partial charge in [0.25, 0.3) is 0 Å². The molecule has 6 heteroatoms. The zero-order valence-electron chi connectivity index (χ0n) is 13.7. The fourth-order valence-corrected chi connectivity index (χ4v) is 3.61. The third-order valence-corrected chi connectivity index (χ3v) is 4.90. The number of benzene rings is 1. The van der Waals surface area contributed by atoms with Gasteiger partial charge in [0.15, 0.2) is 0 Å². The minimum absolute atomic E-state index is 0.0949. The summed E-state index contributed by atoms with van der Waals surface area (Å²) < 4.78 is 44.9. The van der Waals surface area contributed by atoms with E-state index >= 15 is 0 Å². The summed E-state index contributed by atoms with van der Waals surface area (Å²) in [5.41, 5.74) is -0.0338. The molecule has 1 aliphatic rings. The molecule has 1 aliphatic carbocycles. The van der Waals surface area contributed by atoms with Gasteiger partial charge in [-0.15, -0.1) is 0 Å². The number of hydrogen-bond donors (Lipinski definition) is 0. The van der Waals surface area contributed by atoms with E-state index in [2.05, 4.69) is 4.90 Å². The van der Waals surface area contributed by atoms with Crippen LogP contribution in [-0.2, 0) is 10.9 Å². The summed E-state index contributed by atoms with van der Waals surface area (Å²) in [7, 11) is 3.98. The molecular formula is C17H23ClF3NO. The molecule has 23 heavy (non-hydrogen) atoms. The van der Waals surface area contributed by atoms with Crippen LogP contribution in [0.2, 0.25) is 5.02 Å². The van der Waals surface area contributed by atoms with Gasteiger partial charge in [-0.05, 0) is 63.9 Å². The Kier molecular flexibility index (Phi) is 5.98. The Morgan fingerprint density at radius 3 is 2.52 bits per heavy atom. The van der Waals surface area contributed by atoms with Gasteiger partial charge in [-0.3, -0.25) is 0 Å². The van der Waals surface area contributed by atoms with Gasteiger partial charge in [0.05, 0.1) is 16.7 Å². The molecule has 1 fully saturated rings. The first-order valence-electron chi connectivity index (χ1n) is 7.88. The SMILES string of the molecule is CCO[C@H]1CC[C@H](c2ccc(Cl)c(C(F)(F)F)c2)C[C@@H]1N(C)C. The highest BCUT2D eigenvalue weighted by atomic mass is 35.5. The molecular weight excluding hydrogens is 327 g/mol. The van der Waals surface area contributed by atoms with Gasteiger partial charge < -0.3 is 9.64 Å². The minimum Gasteiger partial charge on any atom is -0.377 e. The summed E-state index contributed by atoms with van der Waals surface area (Å²) >= 11 is 5.72. The van der Waals surface area contributed by atoms with Crippen LogP contribution in [0, 0.1) is 0 Å². The van der Waals surface area contributed by atoms with Crippen molar-refractivity contribution >= 4 is 11.6 Å². The summed E-state index contributed by atoms with van der Waals surface area (Å²) in [6.45, 7) is 2.62. The zero-order valence-corrected chi connectivity index (χ0v) is 14.4. The molecule has 0 spiro atoms. The number of alkyl halides is 3. The predicted octanol–water partition coefficient (Wildman–Crippen LogP) is 4.96. The second-order valence-corrected chi connectivity index (χ2v) is 6.68. The van der Waals surface area contributed by atoms with E-state index in [1.807, 2.05) is 21.0 Å². The van der Waals surface area contributed by atoms with E-state index in [4.69, 9.17) is 16.3 Å². The van der Waals surface area contributed by atoms with E-state index in [1.165, 1.54) is 12.1 Å². The van der Waals surface area contributed by atoms with Gasteiger partial charge in [-0.2, -0.15) is 13.2 Å². The smallest absolute Gasteiger partial charge is 0.377 e. The van der Waals surface area contributed by atoms with Crippen molar-refractivity contribution in [3.8, 4) is 0 Å². The molecule has 130 valence electrons. The number of ether oxygens (including phenoxy) is 1. The standard InChI is InChI=1S/C17H23ClF3NO/c1-4-23-16-8-6-12(10-15(16)22(2)3)11-5-7-14(18)13(9-11)17(19,20)21/h5,7,9,12,15-16H,4,6,8,10H2,1-3H3/t12-,15-,16-/m0/s1. The first-order chi connectivity index (χ1) is 10.7. The average molecular weight is 350 g/mol. The van der Waals surface area contributed by atoms with Crippen LogP contribution >= 0.6 is 11.6 Å². The first kappa shape index (κ1) is 18.6. The zero-order chi connectivity index (χ0) is 17.2. The summed E-state index contributed by atoms with van der Waals surface area (Å²) in [5, 5.41) is -0.242. The normalized spacial score (nSPS) is 25.8. The van der Waals surface area contributed by atoms with Crippen molar-refractivity contribution in [3.05, 3.63) is 34.3 Å². The van der Waals surface area contributed by atoms with Crippen LogP contribution in [-0.4, -0.2) is 37.7 Å². The molecule has 2 nitrogen and oxygen atoms in total. The van der Waals surface area contributed by atoms with Crippen LogP contribution in [0.1, 0.15) is 43.2 Å². The van der Waals surface area contributed by atoms with Crippen LogP contribution in [0.4, 0.5) is 13.2 Å². The maximum absolute atomic E-state index is 13.1. The van der Waals surface area contributed by atoms with Gasteiger partial charge in [0.2, 0.25) is 0 Å². The molecule has 0 bridgehead atoms. The number of likely N-dealkylation sites (N-methyl/N-ethyl adjacent to an activating group) is 1. The van der Waals surface area contributed by atoms with Crippen LogP contribution in [0.25, 0.3) is 0 Å². The van der Waals surface area contributed by atoms with E-state index in [0.717, 1.165) is 19.3 Å². The molecule has 1 aromatic carbocycles. The number of nitrogens with zero attached hydrogens (tertiary/aromatic N) is 1. The lowest BCUT2D eigenvalue weighted by Gasteiger charge is -2.39. The van der Waals surface area contributed by atoms with Crippen molar-refractivity contribution in [2.45, 2.75) is 50.4 Å². The topological polar surface area (TPSA) is 12.5 Å². The second kappa shape index (κ2) is 7.41. The van der Waals surface area contributed by atoms with Crippen molar-refractivity contribution in [2.75, 3.05) is 20.7 Å². The van der Waals surface area contributed by atoms with E-state index < -0.39 is 11.7 Å². The Morgan fingerprint density at radius 2 is 1.96 bits per heavy atom. The number of hydrogen-bond acceptors (Lipinski definition) is 2. The molecule has 0 saturated heterocycles. The van der Waals surface area contributed by atoms with Crippen LogP contribution in [0.15, 0.2) is 18.2 Å². The Morgan fingerprint density at radius 1 is 1.26 bits per heavy atom. The molecule has 3 atom stereocenters. The Bertz CT molecular complexity index is 533. The summed E-state index contributed by atoms with van der Waals surface area (Å²) in [6.07, 6.45) is -1.81. The quantitative estimate of drug-likeness (QED) is 0.761. The highest BCUT2D eigenvalue weighted by Crippen LogP contribution is 2.40. The number of rotatable bonds is 4. The summed E-state index contributed by atoms with van der Waals surface area (Å²) in [6, 6.07) is 4.49. The maximum Gasteiger partial charge on any atom is 0.417 e. The Labute approximate surface area is 140 Å². The minimum atomic E-state index is -4.42. The van der Waals surface area contributed by atoms with Crippen molar-refractivity contribution in [1.29, 1.82) is 0 Å². The van der Waals surface area contributed by atoms with Gasteiger partial charge in [-0.1, -0.05) is 17.7 Å². The van der Waals surface area contributed by atoms with Crippen LogP contribution in [0.3, 0.4) is 0 Å². The van der Waals surface area contributed by atoms with E-state index in [9.17, 15) is 13.2 Å². The molecule has 0 N–H and O–H groups in total. The van der Waals surface area contributed by atoms with Crippen LogP contribution in [0.5, 0.6) is 0 Å². The summed E-state index contributed by atoms with van der Waals surface area (Å²) in [4.78, 5) is 2.10. The lowest BCUT2D eigenvalue weighted by Crippen LogP contribution is -2.44. The largest absolute Gasteiger partial charge is 0.417 e. The predicted molar refractivity (Wildman–Crippen MR) is 85.9 cm³/mol. The third kappa shape index (κ3) is 4.40. The fraction of sp³-hybridized carbons (Fsp3) is 0.647. The molecule has 0 heterocycles. The fourth-order valence-electron chi connectivity index (χ4n) is 3.39. The van der Waals surface area contributed by atoms with Crippen LogP contribution < -0.4 is 0 Å². The van der Waals surface area contributed by atoms with E-state index in [0.29, 0.717) is 12.2 Å². The van der Waals surface area contributed by atoms with Gasteiger partial charge >= 0.3 is 6.18 Å². The molecule has 0 aliphatic heterocycles. The van der Waals surface area contributed by atoms with Crippen molar-refractivity contribution in [1.82, 2.24) is 4.90 Å². The van der Waals surface area contributed by atoms with E-state index in [-0.39, 0.29) is 23.1 Å². The lowest BCUT2D eigenvalue weighted by atomic mass is 9.79. The highest BCUT2D eigenvalue weighted by molar-refractivity contribution is 6.31. The van der Waals surface area contributed by atoms with Crippen molar-refractivity contribution < 1.29 is 17.9 Å². The molecule has 0 amide bonds.